The van der Waals surface area contributed by atoms with Crippen molar-refractivity contribution in [3.05, 3.63) is 23.8 Å². The Morgan fingerprint density at radius 1 is 1.53 bits per heavy atom. The van der Waals surface area contributed by atoms with Gasteiger partial charge in [-0.25, -0.2) is 4.79 Å². The minimum absolute atomic E-state index is 0.0193. The molecular weight excluding hydrogens is 190 g/mol. The van der Waals surface area contributed by atoms with Crippen molar-refractivity contribution in [2.45, 2.75) is 19.9 Å². The van der Waals surface area contributed by atoms with Gasteiger partial charge in [0.15, 0.2) is 0 Å². The smallest absolute Gasteiger partial charge is 0.322 e. The molecular formula is C11H15N3O. The van der Waals surface area contributed by atoms with Gasteiger partial charge in [-0.1, -0.05) is 6.92 Å². The van der Waals surface area contributed by atoms with Gasteiger partial charge in [0.2, 0.25) is 0 Å². The van der Waals surface area contributed by atoms with Gasteiger partial charge in [0.25, 0.3) is 0 Å². The molecule has 1 aliphatic heterocycles. The van der Waals surface area contributed by atoms with E-state index in [4.69, 9.17) is 5.73 Å². The van der Waals surface area contributed by atoms with Crippen molar-refractivity contribution in [2.75, 3.05) is 17.2 Å². The maximum Gasteiger partial charge on any atom is 0.322 e. The molecule has 0 saturated heterocycles. The number of amides is 2. The summed E-state index contributed by atoms with van der Waals surface area (Å²) in [7, 11) is 0. The highest BCUT2D eigenvalue weighted by Crippen LogP contribution is 2.26. The van der Waals surface area contributed by atoms with Gasteiger partial charge in [-0.15, -0.1) is 0 Å². The summed E-state index contributed by atoms with van der Waals surface area (Å²) < 4.78 is 0. The number of urea groups is 1. The SMILES string of the molecule is CCCN1C(=O)NCc2cc(N)ccc21. The summed E-state index contributed by atoms with van der Waals surface area (Å²) in [5, 5.41) is 2.83. The Morgan fingerprint density at radius 3 is 3.07 bits per heavy atom. The maximum atomic E-state index is 11.6. The second kappa shape index (κ2) is 3.81. The number of hydrogen-bond acceptors (Lipinski definition) is 2. The topological polar surface area (TPSA) is 58.4 Å². The molecule has 1 aliphatic rings. The Labute approximate surface area is 89.1 Å². The van der Waals surface area contributed by atoms with Crippen LogP contribution in [0.2, 0.25) is 0 Å². The first-order valence-electron chi connectivity index (χ1n) is 5.16. The third-order valence-electron chi connectivity index (χ3n) is 2.52. The molecule has 0 spiro atoms. The largest absolute Gasteiger partial charge is 0.399 e. The lowest BCUT2D eigenvalue weighted by Crippen LogP contribution is -2.44. The molecule has 0 unspecified atom stereocenters. The van der Waals surface area contributed by atoms with E-state index in [2.05, 4.69) is 12.2 Å². The minimum atomic E-state index is -0.0193. The second-order valence-electron chi connectivity index (χ2n) is 3.70. The van der Waals surface area contributed by atoms with Crippen LogP contribution in [-0.2, 0) is 6.54 Å². The van der Waals surface area contributed by atoms with E-state index in [0.717, 1.165) is 29.9 Å². The lowest BCUT2D eigenvalue weighted by atomic mass is 10.1. The predicted octanol–water partition coefficient (Wildman–Crippen LogP) is 1.71. The van der Waals surface area contributed by atoms with Crippen molar-refractivity contribution in [3.8, 4) is 0 Å². The number of fused-ring (bicyclic) bond motifs is 1. The fraction of sp³-hybridized carbons (Fsp3) is 0.364. The van der Waals surface area contributed by atoms with Crippen molar-refractivity contribution < 1.29 is 4.79 Å². The Kier molecular flexibility index (Phi) is 2.49. The molecule has 0 bridgehead atoms. The number of nitrogens with one attached hydrogen (secondary N) is 1. The van der Waals surface area contributed by atoms with Gasteiger partial charge < -0.3 is 11.1 Å². The van der Waals surface area contributed by atoms with Crippen molar-refractivity contribution >= 4 is 17.4 Å². The Balaban J connectivity index is 2.39. The van der Waals surface area contributed by atoms with Crippen LogP contribution in [0.1, 0.15) is 18.9 Å². The fourth-order valence-electron chi connectivity index (χ4n) is 1.83. The van der Waals surface area contributed by atoms with Crippen LogP contribution in [0.25, 0.3) is 0 Å². The first kappa shape index (κ1) is 9.83. The zero-order valence-electron chi connectivity index (χ0n) is 8.79. The van der Waals surface area contributed by atoms with Gasteiger partial charge in [0, 0.05) is 18.8 Å². The number of benzene rings is 1. The van der Waals surface area contributed by atoms with Gasteiger partial charge in [-0.3, -0.25) is 4.90 Å². The molecule has 4 nitrogen and oxygen atoms in total. The highest BCUT2D eigenvalue weighted by Gasteiger charge is 2.22. The molecule has 15 heavy (non-hydrogen) atoms. The number of carbonyl (C=O) groups is 1. The van der Waals surface area contributed by atoms with Gasteiger partial charge in [-0.05, 0) is 30.2 Å². The third kappa shape index (κ3) is 1.75. The van der Waals surface area contributed by atoms with Gasteiger partial charge in [-0.2, -0.15) is 0 Å². The summed E-state index contributed by atoms with van der Waals surface area (Å²) in [6.45, 7) is 3.36. The molecule has 0 aromatic heterocycles. The molecule has 1 heterocycles. The van der Waals surface area contributed by atoms with Crippen molar-refractivity contribution in [1.29, 1.82) is 0 Å². The van der Waals surface area contributed by atoms with Crippen molar-refractivity contribution in [2.24, 2.45) is 0 Å². The minimum Gasteiger partial charge on any atom is -0.399 e. The lowest BCUT2D eigenvalue weighted by molar-refractivity contribution is 0.244. The molecule has 0 saturated carbocycles. The third-order valence-corrected chi connectivity index (χ3v) is 2.52. The van der Waals surface area contributed by atoms with E-state index in [1.165, 1.54) is 0 Å². The first-order chi connectivity index (χ1) is 7.22. The molecule has 0 radical (unpaired) electrons. The molecule has 0 aliphatic carbocycles. The van der Waals surface area contributed by atoms with E-state index < -0.39 is 0 Å². The summed E-state index contributed by atoms with van der Waals surface area (Å²) in [5.41, 5.74) is 8.51. The molecule has 4 heteroatoms. The van der Waals surface area contributed by atoms with Crippen LogP contribution in [-0.4, -0.2) is 12.6 Å². The van der Waals surface area contributed by atoms with E-state index >= 15 is 0 Å². The van der Waals surface area contributed by atoms with E-state index in [9.17, 15) is 4.79 Å². The maximum absolute atomic E-state index is 11.6. The summed E-state index contributed by atoms with van der Waals surface area (Å²) in [6.07, 6.45) is 0.942. The summed E-state index contributed by atoms with van der Waals surface area (Å²) in [5.74, 6) is 0. The summed E-state index contributed by atoms with van der Waals surface area (Å²) in [4.78, 5) is 13.4. The fourth-order valence-corrected chi connectivity index (χ4v) is 1.83. The number of nitrogens with zero attached hydrogens (tertiary/aromatic N) is 1. The standard InChI is InChI=1S/C11H15N3O/c1-2-5-14-10-4-3-9(12)6-8(10)7-13-11(14)15/h3-4,6H,2,5,7,12H2,1H3,(H,13,15). The van der Waals surface area contributed by atoms with E-state index in [-0.39, 0.29) is 6.03 Å². The molecule has 1 aromatic carbocycles. The van der Waals surface area contributed by atoms with Gasteiger partial charge in [0.1, 0.15) is 0 Å². The van der Waals surface area contributed by atoms with Gasteiger partial charge >= 0.3 is 6.03 Å². The highest BCUT2D eigenvalue weighted by atomic mass is 16.2. The average Bonchev–Trinajstić information content (AvgIpc) is 2.22. The average molecular weight is 205 g/mol. The van der Waals surface area contributed by atoms with Crippen molar-refractivity contribution in [3.63, 3.8) is 0 Å². The quantitative estimate of drug-likeness (QED) is 0.722. The molecule has 0 fully saturated rings. The van der Waals surface area contributed by atoms with Crippen LogP contribution >= 0.6 is 0 Å². The van der Waals surface area contributed by atoms with Crippen LogP contribution in [0.15, 0.2) is 18.2 Å². The number of anilines is 2. The van der Waals surface area contributed by atoms with Crippen LogP contribution < -0.4 is 16.0 Å². The second-order valence-corrected chi connectivity index (χ2v) is 3.70. The Morgan fingerprint density at radius 2 is 2.33 bits per heavy atom. The number of nitrogen functional groups attached to an aromatic ring is 1. The van der Waals surface area contributed by atoms with Gasteiger partial charge in [0.05, 0.1) is 5.69 Å². The van der Waals surface area contributed by atoms with Crippen LogP contribution in [0.4, 0.5) is 16.2 Å². The molecule has 1 aromatic rings. The highest BCUT2D eigenvalue weighted by molar-refractivity contribution is 5.95. The molecule has 80 valence electrons. The Hall–Kier alpha value is -1.71. The number of hydrogen-bond donors (Lipinski definition) is 2. The molecule has 2 amide bonds. The Bertz CT molecular complexity index is 389. The lowest BCUT2D eigenvalue weighted by Gasteiger charge is -2.29. The number of rotatable bonds is 2. The monoisotopic (exact) mass is 205 g/mol. The van der Waals surface area contributed by atoms with Crippen molar-refractivity contribution in [1.82, 2.24) is 5.32 Å². The first-order valence-corrected chi connectivity index (χ1v) is 5.16. The van der Waals surface area contributed by atoms with E-state index in [1.807, 2.05) is 18.2 Å². The van der Waals surface area contributed by atoms with E-state index in [1.54, 1.807) is 4.90 Å². The predicted molar refractivity (Wildman–Crippen MR) is 60.7 cm³/mol. The van der Waals surface area contributed by atoms with Crippen LogP contribution in [0.5, 0.6) is 0 Å². The molecule has 2 rings (SSSR count). The number of nitrogens with two attached hydrogens (primary N) is 1. The molecule has 0 atom stereocenters. The summed E-state index contributed by atoms with van der Waals surface area (Å²) in [6, 6.07) is 5.64. The zero-order chi connectivity index (χ0) is 10.8. The summed E-state index contributed by atoms with van der Waals surface area (Å²) >= 11 is 0. The van der Waals surface area contributed by atoms with Crippen LogP contribution in [0, 0.1) is 0 Å². The zero-order valence-corrected chi connectivity index (χ0v) is 8.79. The molecule has 3 N–H and O–H groups in total. The van der Waals surface area contributed by atoms with Crippen LogP contribution in [0.3, 0.4) is 0 Å². The normalized spacial score (nSPS) is 14.7. The number of carbonyl (C=O) groups excluding carboxylic acids is 1. The van der Waals surface area contributed by atoms with E-state index in [0.29, 0.717) is 6.54 Å².